The van der Waals surface area contributed by atoms with E-state index in [4.69, 9.17) is 16.3 Å². The van der Waals surface area contributed by atoms with Gasteiger partial charge in [-0.3, -0.25) is 4.79 Å². The molecule has 1 aromatic carbocycles. The number of halogens is 1. The van der Waals surface area contributed by atoms with E-state index < -0.39 is 11.5 Å². The molecule has 1 aromatic rings. The van der Waals surface area contributed by atoms with Crippen LogP contribution in [0.15, 0.2) is 18.2 Å². The molecule has 1 amide bonds. The van der Waals surface area contributed by atoms with Crippen LogP contribution in [0, 0.1) is 5.92 Å². The van der Waals surface area contributed by atoms with Crippen molar-refractivity contribution in [3.8, 4) is 5.75 Å². The molecular formula is C17H22ClNO4. The van der Waals surface area contributed by atoms with Crippen LogP contribution >= 0.6 is 11.6 Å². The Bertz CT molecular complexity index is 604. The Morgan fingerprint density at radius 1 is 1.48 bits per heavy atom. The number of benzene rings is 1. The van der Waals surface area contributed by atoms with Crippen molar-refractivity contribution in [1.29, 1.82) is 0 Å². The molecule has 5 nitrogen and oxygen atoms in total. The largest absolute Gasteiger partial charge is 0.496 e. The van der Waals surface area contributed by atoms with Crippen molar-refractivity contribution < 1.29 is 19.4 Å². The van der Waals surface area contributed by atoms with Gasteiger partial charge in [0, 0.05) is 10.6 Å². The minimum absolute atomic E-state index is 0.00768. The summed E-state index contributed by atoms with van der Waals surface area (Å²) < 4.78 is 5.23. The maximum Gasteiger partial charge on any atom is 0.329 e. The quantitative estimate of drug-likeness (QED) is 0.864. The van der Waals surface area contributed by atoms with Crippen molar-refractivity contribution in [2.45, 2.75) is 44.6 Å². The summed E-state index contributed by atoms with van der Waals surface area (Å²) in [7, 11) is 1.51. The lowest BCUT2D eigenvalue weighted by molar-refractivity contribution is -0.150. The molecule has 0 saturated heterocycles. The summed E-state index contributed by atoms with van der Waals surface area (Å²) in [4.78, 5) is 24.2. The normalized spacial score (nSPS) is 24.0. The van der Waals surface area contributed by atoms with E-state index in [2.05, 4.69) is 5.32 Å². The molecule has 0 aromatic heterocycles. The smallest absolute Gasteiger partial charge is 0.329 e. The van der Waals surface area contributed by atoms with Crippen LogP contribution in [-0.2, 0) is 16.0 Å². The second-order valence-electron chi connectivity index (χ2n) is 6.23. The Kier molecular flexibility index (Phi) is 5.52. The number of nitrogens with one attached hydrogen (secondary N) is 1. The SMILES string of the molecule is COc1cccc(Cl)c1CC(=O)NC1(C(=O)O)CCCC(C)C1. The first kappa shape index (κ1) is 17.6. The van der Waals surface area contributed by atoms with Crippen molar-refractivity contribution in [1.82, 2.24) is 5.32 Å². The summed E-state index contributed by atoms with van der Waals surface area (Å²) in [5, 5.41) is 12.8. The fraction of sp³-hybridized carbons (Fsp3) is 0.529. The Hall–Kier alpha value is -1.75. The number of methoxy groups -OCH3 is 1. The number of hydrogen-bond donors (Lipinski definition) is 2. The van der Waals surface area contributed by atoms with E-state index in [1.807, 2.05) is 6.92 Å². The van der Waals surface area contributed by atoms with Crippen LogP contribution in [0.3, 0.4) is 0 Å². The van der Waals surface area contributed by atoms with Crippen LogP contribution < -0.4 is 10.1 Å². The zero-order valence-electron chi connectivity index (χ0n) is 13.4. The van der Waals surface area contributed by atoms with Gasteiger partial charge in [0.25, 0.3) is 0 Å². The predicted molar refractivity (Wildman–Crippen MR) is 87.8 cm³/mol. The Balaban J connectivity index is 2.16. The monoisotopic (exact) mass is 339 g/mol. The molecule has 126 valence electrons. The van der Waals surface area contributed by atoms with Gasteiger partial charge in [0.05, 0.1) is 13.5 Å². The number of carbonyl (C=O) groups excluding carboxylic acids is 1. The average Bonchev–Trinajstić information content (AvgIpc) is 2.49. The second kappa shape index (κ2) is 7.21. The van der Waals surface area contributed by atoms with Crippen LogP contribution in [0.1, 0.15) is 38.2 Å². The van der Waals surface area contributed by atoms with E-state index in [9.17, 15) is 14.7 Å². The maximum atomic E-state index is 12.4. The molecule has 1 fully saturated rings. The highest BCUT2D eigenvalue weighted by atomic mass is 35.5. The third-order valence-corrected chi connectivity index (χ3v) is 4.77. The summed E-state index contributed by atoms with van der Waals surface area (Å²) in [5.41, 5.74) is -0.609. The van der Waals surface area contributed by atoms with E-state index in [0.29, 0.717) is 29.2 Å². The first-order valence-corrected chi connectivity index (χ1v) is 8.11. The number of hydrogen-bond acceptors (Lipinski definition) is 3. The molecule has 2 rings (SSSR count). The third kappa shape index (κ3) is 3.96. The Morgan fingerprint density at radius 3 is 2.83 bits per heavy atom. The van der Waals surface area contributed by atoms with E-state index in [1.165, 1.54) is 7.11 Å². The number of rotatable bonds is 5. The fourth-order valence-corrected chi connectivity index (χ4v) is 3.52. The molecule has 1 aliphatic rings. The Morgan fingerprint density at radius 2 is 2.22 bits per heavy atom. The predicted octanol–water partition coefficient (Wildman–Crippen LogP) is 3.04. The molecule has 0 spiro atoms. The molecule has 1 saturated carbocycles. The lowest BCUT2D eigenvalue weighted by Crippen LogP contribution is -2.57. The zero-order valence-corrected chi connectivity index (χ0v) is 14.2. The Labute approximate surface area is 141 Å². The minimum atomic E-state index is -1.18. The molecule has 0 aliphatic heterocycles. The highest BCUT2D eigenvalue weighted by molar-refractivity contribution is 6.31. The van der Waals surface area contributed by atoms with Gasteiger partial charge in [-0.25, -0.2) is 4.79 Å². The summed E-state index contributed by atoms with van der Waals surface area (Å²) in [6.07, 6.45) is 2.68. The topological polar surface area (TPSA) is 75.6 Å². The first-order valence-electron chi connectivity index (χ1n) is 7.74. The van der Waals surface area contributed by atoms with Crippen LogP contribution in [0.25, 0.3) is 0 Å². The summed E-state index contributed by atoms with van der Waals surface area (Å²) in [5.74, 6) is -0.527. The highest BCUT2D eigenvalue weighted by Gasteiger charge is 2.43. The van der Waals surface area contributed by atoms with Gasteiger partial charge in [-0.2, -0.15) is 0 Å². The van der Waals surface area contributed by atoms with Crippen LogP contribution in [0.2, 0.25) is 5.02 Å². The van der Waals surface area contributed by atoms with Gasteiger partial charge in [0.2, 0.25) is 5.91 Å². The molecule has 23 heavy (non-hydrogen) atoms. The zero-order chi connectivity index (χ0) is 17.0. The van der Waals surface area contributed by atoms with Crippen LogP contribution in [0.4, 0.5) is 0 Å². The van der Waals surface area contributed by atoms with E-state index in [0.717, 1.165) is 12.8 Å². The van der Waals surface area contributed by atoms with Gasteiger partial charge in [-0.05, 0) is 30.9 Å². The van der Waals surface area contributed by atoms with E-state index in [1.54, 1.807) is 18.2 Å². The molecule has 0 bridgehead atoms. The average molecular weight is 340 g/mol. The van der Waals surface area contributed by atoms with Crippen molar-refractivity contribution in [3.05, 3.63) is 28.8 Å². The molecule has 2 N–H and O–H groups in total. The highest BCUT2D eigenvalue weighted by Crippen LogP contribution is 2.33. The maximum absolute atomic E-state index is 12.4. The van der Waals surface area contributed by atoms with Crippen molar-refractivity contribution in [3.63, 3.8) is 0 Å². The summed E-state index contributed by atoms with van der Waals surface area (Å²) >= 11 is 6.14. The lowest BCUT2D eigenvalue weighted by Gasteiger charge is -2.37. The molecule has 0 radical (unpaired) electrons. The van der Waals surface area contributed by atoms with Gasteiger partial charge in [0.1, 0.15) is 11.3 Å². The van der Waals surface area contributed by atoms with Gasteiger partial charge >= 0.3 is 5.97 Å². The van der Waals surface area contributed by atoms with Gasteiger partial charge in [-0.15, -0.1) is 0 Å². The van der Waals surface area contributed by atoms with E-state index in [-0.39, 0.29) is 18.2 Å². The fourth-order valence-electron chi connectivity index (χ4n) is 3.29. The number of carboxylic acids is 1. The molecule has 2 unspecified atom stereocenters. The van der Waals surface area contributed by atoms with Gasteiger partial charge < -0.3 is 15.2 Å². The number of ether oxygens (including phenoxy) is 1. The minimum Gasteiger partial charge on any atom is -0.496 e. The first-order chi connectivity index (χ1) is 10.9. The number of amides is 1. The second-order valence-corrected chi connectivity index (χ2v) is 6.64. The summed E-state index contributed by atoms with van der Waals surface area (Å²) in [6.45, 7) is 2.01. The van der Waals surface area contributed by atoms with Crippen LogP contribution in [0.5, 0.6) is 5.75 Å². The molecule has 0 heterocycles. The standard InChI is InChI=1S/C17H22ClNO4/c1-11-5-4-8-17(10-11,16(21)22)19-15(20)9-12-13(18)6-3-7-14(12)23-2/h3,6-7,11H,4-5,8-10H2,1-2H3,(H,19,20)(H,21,22). The molecule has 6 heteroatoms. The molecule has 2 atom stereocenters. The third-order valence-electron chi connectivity index (χ3n) is 4.42. The van der Waals surface area contributed by atoms with Gasteiger partial charge in [-0.1, -0.05) is 37.4 Å². The summed E-state index contributed by atoms with van der Waals surface area (Å²) in [6, 6.07) is 5.15. The van der Waals surface area contributed by atoms with Crippen molar-refractivity contribution in [2.24, 2.45) is 5.92 Å². The lowest BCUT2D eigenvalue weighted by atomic mass is 9.76. The van der Waals surface area contributed by atoms with Crippen LogP contribution in [-0.4, -0.2) is 29.6 Å². The number of carbonyl (C=O) groups is 2. The van der Waals surface area contributed by atoms with Crippen molar-refractivity contribution >= 4 is 23.5 Å². The van der Waals surface area contributed by atoms with Crippen molar-refractivity contribution in [2.75, 3.05) is 7.11 Å². The van der Waals surface area contributed by atoms with Gasteiger partial charge in [0.15, 0.2) is 0 Å². The number of aliphatic carboxylic acids is 1. The molecule has 1 aliphatic carbocycles. The number of carboxylic acid groups (broad SMARTS) is 1. The molecular weight excluding hydrogens is 318 g/mol. The van der Waals surface area contributed by atoms with E-state index >= 15 is 0 Å².